The monoisotopic (exact) mass is 327 g/mol. The Morgan fingerprint density at radius 3 is 2.30 bits per heavy atom. The number of methoxy groups -OCH3 is 1. The first kappa shape index (κ1) is 17.6. The maximum absolute atomic E-state index is 13.4. The van der Waals surface area contributed by atoms with E-state index in [1.54, 1.807) is 0 Å². The average Bonchev–Trinajstić information content (AvgIpc) is 2.61. The van der Waals surface area contributed by atoms with Crippen molar-refractivity contribution < 1.29 is 13.9 Å². The molecule has 4 heteroatoms. The van der Waals surface area contributed by atoms with Gasteiger partial charge < -0.3 is 14.8 Å². The van der Waals surface area contributed by atoms with Gasteiger partial charge in [-0.25, -0.2) is 4.39 Å². The summed E-state index contributed by atoms with van der Waals surface area (Å²) in [5.74, 6) is 2.08. The summed E-state index contributed by atoms with van der Waals surface area (Å²) < 4.78 is 25.2. The lowest BCUT2D eigenvalue weighted by molar-refractivity contribution is -0.0443. The molecule has 3 aliphatic rings. The van der Waals surface area contributed by atoms with E-state index in [1.165, 1.54) is 6.42 Å². The van der Waals surface area contributed by atoms with E-state index in [4.69, 9.17) is 9.47 Å². The smallest absolute Gasteiger partial charge is 0.100 e. The largest absolute Gasteiger partial charge is 0.381 e. The highest BCUT2D eigenvalue weighted by Crippen LogP contribution is 2.38. The first-order chi connectivity index (χ1) is 11.3. The molecule has 1 N–H and O–H groups in total. The van der Waals surface area contributed by atoms with Crippen molar-refractivity contribution in [2.24, 2.45) is 17.8 Å². The van der Waals surface area contributed by atoms with Crippen molar-refractivity contribution in [2.75, 3.05) is 26.8 Å². The zero-order chi connectivity index (χ0) is 16.1. The van der Waals surface area contributed by atoms with E-state index in [9.17, 15) is 4.39 Å². The minimum absolute atomic E-state index is 0.422. The molecule has 2 saturated carbocycles. The summed E-state index contributed by atoms with van der Waals surface area (Å²) in [6, 6.07) is 0. The molecule has 0 aromatic heterocycles. The molecule has 3 fully saturated rings. The molecule has 3 rings (SSSR count). The highest BCUT2D eigenvalue weighted by atomic mass is 19.1. The van der Waals surface area contributed by atoms with Gasteiger partial charge in [0.15, 0.2) is 0 Å². The van der Waals surface area contributed by atoms with Crippen LogP contribution in [0.3, 0.4) is 0 Å². The zero-order valence-electron chi connectivity index (χ0n) is 14.6. The molecule has 2 atom stereocenters. The number of halogens is 1. The van der Waals surface area contributed by atoms with Crippen molar-refractivity contribution in [3.63, 3.8) is 0 Å². The Labute approximate surface area is 140 Å². The second-order valence-electron chi connectivity index (χ2n) is 7.90. The molecule has 23 heavy (non-hydrogen) atoms. The quantitative estimate of drug-likeness (QED) is 0.835. The molecule has 0 radical (unpaired) electrons. The molecule has 3 nitrogen and oxygen atoms in total. The summed E-state index contributed by atoms with van der Waals surface area (Å²) in [6.07, 6.45) is 9.83. The van der Waals surface area contributed by atoms with Gasteiger partial charge >= 0.3 is 0 Å². The number of nitrogens with one attached hydrogen (secondary N) is 1. The summed E-state index contributed by atoms with van der Waals surface area (Å²) in [6.45, 7) is 3.08. The van der Waals surface area contributed by atoms with Crippen molar-refractivity contribution in [1.82, 2.24) is 5.32 Å². The van der Waals surface area contributed by atoms with Gasteiger partial charge in [0.05, 0.1) is 18.8 Å². The second-order valence-corrected chi connectivity index (χ2v) is 7.90. The van der Waals surface area contributed by atoms with Crippen LogP contribution in [0.5, 0.6) is 0 Å². The van der Waals surface area contributed by atoms with Gasteiger partial charge in [-0.15, -0.1) is 0 Å². The Morgan fingerprint density at radius 2 is 1.61 bits per heavy atom. The Bertz CT molecular complexity index is 338. The minimum atomic E-state index is -0.543. The summed E-state index contributed by atoms with van der Waals surface area (Å²) >= 11 is 0. The van der Waals surface area contributed by atoms with Crippen molar-refractivity contribution in [3.8, 4) is 0 Å². The van der Waals surface area contributed by atoms with E-state index in [2.05, 4.69) is 5.32 Å². The van der Waals surface area contributed by atoms with Crippen LogP contribution < -0.4 is 5.32 Å². The van der Waals surface area contributed by atoms with Crippen LogP contribution in [-0.4, -0.2) is 45.2 Å². The number of piperidine rings is 1. The second kappa shape index (κ2) is 8.77. The zero-order valence-corrected chi connectivity index (χ0v) is 14.6. The van der Waals surface area contributed by atoms with E-state index < -0.39 is 6.17 Å². The fourth-order valence-electron chi connectivity index (χ4n) is 4.95. The third-order valence-corrected chi connectivity index (χ3v) is 6.47. The lowest BCUT2D eigenvalue weighted by Crippen LogP contribution is -2.43. The summed E-state index contributed by atoms with van der Waals surface area (Å²) in [5, 5.41) is 3.54. The highest BCUT2D eigenvalue weighted by Gasteiger charge is 2.35. The molecule has 0 aromatic rings. The van der Waals surface area contributed by atoms with Crippen molar-refractivity contribution in [3.05, 3.63) is 0 Å². The number of rotatable bonds is 5. The van der Waals surface area contributed by atoms with Crippen LogP contribution >= 0.6 is 0 Å². The van der Waals surface area contributed by atoms with Crippen molar-refractivity contribution >= 4 is 0 Å². The van der Waals surface area contributed by atoms with E-state index in [0.717, 1.165) is 82.9 Å². The topological polar surface area (TPSA) is 30.5 Å². The number of hydrogen-bond donors (Lipinski definition) is 1. The molecule has 1 heterocycles. The fourth-order valence-corrected chi connectivity index (χ4v) is 4.95. The SMILES string of the molecule is COC1CCC(OCC2CNCCC2C2CCC(F)CC2)CC1. The number of ether oxygens (including phenoxy) is 2. The predicted molar refractivity (Wildman–Crippen MR) is 90.3 cm³/mol. The lowest BCUT2D eigenvalue weighted by Gasteiger charge is -2.40. The first-order valence-corrected chi connectivity index (χ1v) is 9.75. The molecule has 0 spiro atoms. The first-order valence-electron chi connectivity index (χ1n) is 9.75. The fraction of sp³-hybridized carbons (Fsp3) is 1.00. The van der Waals surface area contributed by atoms with Gasteiger partial charge in [-0.3, -0.25) is 0 Å². The summed E-state index contributed by atoms with van der Waals surface area (Å²) in [5.41, 5.74) is 0. The Hall–Kier alpha value is -0.190. The van der Waals surface area contributed by atoms with Crippen LogP contribution in [-0.2, 0) is 9.47 Å². The molecular formula is C19H34FNO2. The Kier molecular flexibility index (Phi) is 6.72. The molecule has 134 valence electrons. The van der Waals surface area contributed by atoms with Crippen LogP contribution in [0.15, 0.2) is 0 Å². The highest BCUT2D eigenvalue weighted by molar-refractivity contribution is 4.86. The van der Waals surface area contributed by atoms with E-state index in [0.29, 0.717) is 18.1 Å². The van der Waals surface area contributed by atoms with E-state index in [1.807, 2.05) is 7.11 Å². The molecule has 1 saturated heterocycles. The van der Waals surface area contributed by atoms with Crippen molar-refractivity contribution in [1.29, 1.82) is 0 Å². The van der Waals surface area contributed by atoms with Crippen LogP contribution in [0.4, 0.5) is 4.39 Å². The van der Waals surface area contributed by atoms with Gasteiger partial charge in [0.2, 0.25) is 0 Å². The van der Waals surface area contributed by atoms with Gasteiger partial charge in [0.1, 0.15) is 6.17 Å². The molecule has 0 amide bonds. The van der Waals surface area contributed by atoms with Gasteiger partial charge in [0, 0.05) is 13.7 Å². The maximum Gasteiger partial charge on any atom is 0.100 e. The third-order valence-electron chi connectivity index (χ3n) is 6.47. The standard InChI is InChI=1S/C19H34FNO2/c1-22-17-6-8-18(9-7-17)23-13-15-12-21-11-10-19(15)14-2-4-16(20)5-3-14/h14-19,21H,2-13H2,1H3. The third kappa shape index (κ3) is 4.90. The molecular weight excluding hydrogens is 293 g/mol. The lowest BCUT2D eigenvalue weighted by atomic mass is 9.71. The normalized spacial score (nSPS) is 42.5. The molecule has 1 aliphatic heterocycles. The molecule has 2 aliphatic carbocycles. The number of alkyl halides is 1. The molecule has 2 unspecified atom stereocenters. The van der Waals surface area contributed by atoms with Gasteiger partial charge in [-0.2, -0.15) is 0 Å². The summed E-state index contributed by atoms with van der Waals surface area (Å²) in [4.78, 5) is 0. The Morgan fingerprint density at radius 1 is 0.913 bits per heavy atom. The van der Waals surface area contributed by atoms with E-state index >= 15 is 0 Å². The van der Waals surface area contributed by atoms with Crippen LogP contribution in [0.2, 0.25) is 0 Å². The van der Waals surface area contributed by atoms with Crippen LogP contribution in [0.25, 0.3) is 0 Å². The maximum atomic E-state index is 13.4. The molecule has 0 aromatic carbocycles. The van der Waals surface area contributed by atoms with Gasteiger partial charge in [0.25, 0.3) is 0 Å². The average molecular weight is 327 g/mol. The van der Waals surface area contributed by atoms with Gasteiger partial charge in [-0.1, -0.05) is 0 Å². The minimum Gasteiger partial charge on any atom is -0.381 e. The Balaban J connectivity index is 1.45. The van der Waals surface area contributed by atoms with Gasteiger partial charge in [-0.05, 0) is 82.1 Å². The van der Waals surface area contributed by atoms with E-state index in [-0.39, 0.29) is 0 Å². The van der Waals surface area contributed by atoms with Crippen LogP contribution in [0.1, 0.15) is 57.8 Å². The van der Waals surface area contributed by atoms with Crippen LogP contribution in [0, 0.1) is 17.8 Å². The molecule has 0 bridgehead atoms. The van der Waals surface area contributed by atoms with Crippen molar-refractivity contribution in [2.45, 2.75) is 76.2 Å². The summed E-state index contributed by atoms with van der Waals surface area (Å²) in [7, 11) is 1.82. The number of hydrogen-bond acceptors (Lipinski definition) is 3. The predicted octanol–water partition coefficient (Wildman–Crippen LogP) is 3.71.